The van der Waals surface area contributed by atoms with Crippen LogP contribution in [-0.2, 0) is 9.59 Å². The smallest absolute Gasteiger partial charge is 0.236 e. The van der Waals surface area contributed by atoms with Gasteiger partial charge in [0.05, 0.1) is 4.32 Å². The molecule has 0 unspecified atom stereocenters. The highest BCUT2D eigenvalue weighted by Gasteiger charge is 2.22. The number of nitrogens with one attached hydrogen (secondary N) is 2. The lowest BCUT2D eigenvalue weighted by atomic mass is 10.2. The molecule has 0 aliphatic rings. The highest BCUT2D eigenvalue weighted by molar-refractivity contribution is 9.10. The minimum atomic E-state index is -0.578. The summed E-state index contributed by atoms with van der Waals surface area (Å²) in [6.45, 7) is 6.71. The molecule has 94 valence electrons. The van der Waals surface area contributed by atoms with Gasteiger partial charge in [0.15, 0.2) is 0 Å². The minimum absolute atomic E-state index is 0.0128. The number of hydrogen-bond donors (Lipinski definition) is 2. The Bertz CT molecular complexity index is 237. The molecule has 0 heterocycles. The summed E-state index contributed by atoms with van der Waals surface area (Å²) in [5, 5.41) is 5.49. The van der Waals surface area contributed by atoms with Gasteiger partial charge in [-0.1, -0.05) is 29.3 Å². The van der Waals surface area contributed by atoms with E-state index in [4.69, 9.17) is 0 Å². The molecule has 0 saturated heterocycles. The average molecular weight is 293 g/mol. The second kappa shape index (κ2) is 7.65. The normalized spacial score (nSPS) is 11.0. The zero-order valence-corrected chi connectivity index (χ0v) is 11.8. The molecule has 2 N–H and O–H groups in total. The molecule has 0 atom stereocenters. The Labute approximate surface area is 106 Å². The van der Waals surface area contributed by atoms with Gasteiger partial charge in [0.1, 0.15) is 0 Å². The van der Waals surface area contributed by atoms with E-state index in [1.54, 1.807) is 13.8 Å². The Morgan fingerprint density at radius 3 is 2.31 bits per heavy atom. The zero-order chi connectivity index (χ0) is 12.6. The molecule has 0 fully saturated rings. The van der Waals surface area contributed by atoms with Crippen molar-refractivity contribution in [2.45, 2.75) is 44.4 Å². The number of carbonyl (C=O) groups excluding carboxylic acids is 2. The fourth-order valence-electron chi connectivity index (χ4n) is 0.993. The SMILES string of the molecule is CCCCNC(=O)CCNC(=O)C(C)(C)Br. The van der Waals surface area contributed by atoms with Crippen LogP contribution < -0.4 is 10.6 Å². The van der Waals surface area contributed by atoms with Crippen molar-refractivity contribution in [2.75, 3.05) is 13.1 Å². The van der Waals surface area contributed by atoms with E-state index in [0.29, 0.717) is 19.5 Å². The molecule has 4 nitrogen and oxygen atoms in total. The number of carbonyl (C=O) groups is 2. The van der Waals surface area contributed by atoms with Crippen molar-refractivity contribution in [3.05, 3.63) is 0 Å². The van der Waals surface area contributed by atoms with Gasteiger partial charge in [-0.2, -0.15) is 0 Å². The topological polar surface area (TPSA) is 58.2 Å². The Morgan fingerprint density at radius 2 is 1.81 bits per heavy atom. The van der Waals surface area contributed by atoms with Gasteiger partial charge < -0.3 is 10.6 Å². The van der Waals surface area contributed by atoms with E-state index in [2.05, 4.69) is 33.5 Å². The summed E-state index contributed by atoms with van der Waals surface area (Å²) in [4.78, 5) is 22.7. The minimum Gasteiger partial charge on any atom is -0.356 e. The van der Waals surface area contributed by atoms with E-state index in [1.165, 1.54) is 0 Å². The summed E-state index contributed by atoms with van der Waals surface area (Å²) in [6, 6.07) is 0. The van der Waals surface area contributed by atoms with Crippen LogP contribution in [0, 0.1) is 0 Å². The van der Waals surface area contributed by atoms with Crippen LogP contribution in [0.3, 0.4) is 0 Å². The van der Waals surface area contributed by atoms with Crippen molar-refractivity contribution in [1.82, 2.24) is 10.6 Å². The lowest BCUT2D eigenvalue weighted by Crippen LogP contribution is -2.39. The van der Waals surface area contributed by atoms with Gasteiger partial charge in [-0.25, -0.2) is 0 Å². The molecule has 0 aliphatic heterocycles. The van der Waals surface area contributed by atoms with Crippen molar-refractivity contribution < 1.29 is 9.59 Å². The predicted octanol–water partition coefficient (Wildman–Crippen LogP) is 1.58. The number of alkyl halides is 1. The largest absolute Gasteiger partial charge is 0.356 e. The van der Waals surface area contributed by atoms with Crippen molar-refractivity contribution in [3.8, 4) is 0 Å². The zero-order valence-electron chi connectivity index (χ0n) is 10.2. The molecular formula is C11H21BrN2O2. The Kier molecular flexibility index (Phi) is 7.38. The lowest BCUT2D eigenvalue weighted by molar-refractivity contribution is -0.123. The fraction of sp³-hybridized carbons (Fsp3) is 0.818. The molecule has 5 heteroatoms. The maximum Gasteiger partial charge on any atom is 0.236 e. The van der Waals surface area contributed by atoms with Crippen LogP contribution in [0.15, 0.2) is 0 Å². The summed E-state index contributed by atoms with van der Waals surface area (Å²) in [5.41, 5.74) is 0. The van der Waals surface area contributed by atoms with Crippen molar-refractivity contribution >= 4 is 27.7 Å². The molecule has 0 aromatic rings. The average Bonchev–Trinajstić information content (AvgIpc) is 2.16. The third-order valence-electron chi connectivity index (χ3n) is 2.03. The number of rotatable bonds is 7. The van der Waals surface area contributed by atoms with Gasteiger partial charge in [-0.15, -0.1) is 0 Å². The predicted molar refractivity (Wildman–Crippen MR) is 68.6 cm³/mol. The van der Waals surface area contributed by atoms with Crippen LogP contribution in [0.2, 0.25) is 0 Å². The third kappa shape index (κ3) is 7.68. The second-order valence-corrected chi connectivity index (χ2v) is 6.16. The summed E-state index contributed by atoms with van der Waals surface area (Å²) in [6.07, 6.45) is 2.39. The highest BCUT2D eigenvalue weighted by atomic mass is 79.9. The second-order valence-electron chi connectivity index (χ2n) is 4.18. The van der Waals surface area contributed by atoms with Gasteiger partial charge >= 0.3 is 0 Å². The lowest BCUT2D eigenvalue weighted by Gasteiger charge is -2.15. The summed E-state index contributed by atoms with van der Waals surface area (Å²) in [7, 11) is 0. The molecule has 0 aliphatic carbocycles. The molecule has 0 aromatic heterocycles. The Morgan fingerprint density at radius 1 is 1.19 bits per heavy atom. The molecular weight excluding hydrogens is 272 g/mol. The van der Waals surface area contributed by atoms with Crippen LogP contribution in [0.5, 0.6) is 0 Å². The van der Waals surface area contributed by atoms with Crippen LogP contribution >= 0.6 is 15.9 Å². The number of hydrogen-bond acceptors (Lipinski definition) is 2. The Hall–Kier alpha value is -0.580. The van der Waals surface area contributed by atoms with Gasteiger partial charge in [0.25, 0.3) is 0 Å². The first-order chi connectivity index (χ1) is 7.38. The first-order valence-electron chi connectivity index (χ1n) is 5.61. The first kappa shape index (κ1) is 15.4. The summed E-state index contributed by atoms with van der Waals surface area (Å²) in [5.74, 6) is -0.116. The van der Waals surface area contributed by atoms with E-state index >= 15 is 0 Å². The number of unbranched alkanes of at least 4 members (excludes halogenated alkanes) is 1. The maximum absolute atomic E-state index is 11.4. The van der Waals surface area contributed by atoms with Gasteiger partial charge in [0.2, 0.25) is 11.8 Å². The van der Waals surface area contributed by atoms with Crippen molar-refractivity contribution in [3.63, 3.8) is 0 Å². The highest BCUT2D eigenvalue weighted by Crippen LogP contribution is 2.14. The molecule has 2 amide bonds. The molecule has 0 saturated carbocycles. The van der Waals surface area contributed by atoms with Gasteiger partial charge in [-0.3, -0.25) is 9.59 Å². The standard InChI is InChI=1S/C11H21BrN2O2/c1-4-5-7-13-9(15)6-8-14-10(16)11(2,3)12/h4-8H2,1-3H3,(H,13,15)(H,14,16). The van der Waals surface area contributed by atoms with Crippen LogP contribution in [0.1, 0.15) is 40.0 Å². The van der Waals surface area contributed by atoms with E-state index in [0.717, 1.165) is 12.8 Å². The van der Waals surface area contributed by atoms with E-state index in [-0.39, 0.29) is 11.8 Å². The van der Waals surface area contributed by atoms with E-state index in [1.807, 2.05) is 0 Å². The summed E-state index contributed by atoms with van der Waals surface area (Å²) < 4.78 is -0.578. The Balaban J connectivity index is 3.59. The number of halogens is 1. The molecule has 0 radical (unpaired) electrons. The first-order valence-corrected chi connectivity index (χ1v) is 6.41. The van der Waals surface area contributed by atoms with Crippen LogP contribution in [0.4, 0.5) is 0 Å². The third-order valence-corrected chi connectivity index (χ3v) is 2.39. The molecule has 0 aromatic carbocycles. The fourth-order valence-corrected chi connectivity index (χ4v) is 1.13. The van der Waals surface area contributed by atoms with Crippen LogP contribution in [0.25, 0.3) is 0 Å². The maximum atomic E-state index is 11.4. The van der Waals surface area contributed by atoms with Gasteiger partial charge in [0, 0.05) is 19.5 Å². The monoisotopic (exact) mass is 292 g/mol. The molecule has 0 bridgehead atoms. The quantitative estimate of drug-likeness (QED) is 0.553. The van der Waals surface area contributed by atoms with Crippen molar-refractivity contribution in [2.24, 2.45) is 0 Å². The summed E-state index contributed by atoms with van der Waals surface area (Å²) >= 11 is 3.25. The van der Waals surface area contributed by atoms with Crippen molar-refractivity contribution in [1.29, 1.82) is 0 Å². The van der Waals surface area contributed by atoms with Gasteiger partial charge in [-0.05, 0) is 20.3 Å². The van der Waals surface area contributed by atoms with E-state index in [9.17, 15) is 9.59 Å². The number of amides is 2. The molecule has 0 spiro atoms. The van der Waals surface area contributed by atoms with Crippen LogP contribution in [-0.4, -0.2) is 29.2 Å². The molecule has 0 rings (SSSR count). The molecule has 16 heavy (non-hydrogen) atoms. The van der Waals surface area contributed by atoms with E-state index < -0.39 is 4.32 Å².